The predicted molar refractivity (Wildman–Crippen MR) is 93.5 cm³/mol. The van der Waals surface area contributed by atoms with E-state index >= 15 is 0 Å². The zero-order chi connectivity index (χ0) is 18.7. The third-order valence-electron chi connectivity index (χ3n) is 5.07. The molecule has 3 heterocycles. The quantitative estimate of drug-likeness (QED) is 0.831. The van der Waals surface area contributed by atoms with Gasteiger partial charge in [0.25, 0.3) is 0 Å². The standard InChI is InChI=1S/C17H24FN5O3/c1-11(24)22-7-4-13(5-8-22)20-17-19-9-14(18)15(21-17)23-6-2-3-12(10-23)16(25)26/h9,12-13H,2-8,10H2,1H3,(H,25,26)(H,19,20,21)/t12-/m0/s1. The molecule has 2 N–H and O–H groups in total. The van der Waals surface area contributed by atoms with E-state index in [2.05, 4.69) is 15.3 Å². The number of nitrogens with one attached hydrogen (secondary N) is 1. The summed E-state index contributed by atoms with van der Waals surface area (Å²) in [6.45, 7) is 3.74. The summed E-state index contributed by atoms with van der Waals surface area (Å²) in [6, 6.07) is 0.122. The highest BCUT2D eigenvalue weighted by Crippen LogP contribution is 2.25. The number of hydrogen-bond acceptors (Lipinski definition) is 6. The normalized spacial score (nSPS) is 21.5. The van der Waals surface area contributed by atoms with Crippen LogP contribution in [0.15, 0.2) is 6.20 Å². The maximum atomic E-state index is 14.2. The number of carbonyl (C=O) groups excluding carboxylic acids is 1. The molecule has 0 saturated carbocycles. The molecule has 0 spiro atoms. The predicted octanol–water partition coefficient (Wildman–Crippen LogP) is 1.34. The summed E-state index contributed by atoms with van der Waals surface area (Å²) >= 11 is 0. The third-order valence-corrected chi connectivity index (χ3v) is 5.07. The van der Waals surface area contributed by atoms with Gasteiger partial charge in [0.2, 0.25) is 11.9 Å². The zero-order valence-electron chi connectivity index (χ0n) is 14.8. The smallest absolute Gasteiger partial charge is 0.308 e. The van der Waals surface area contributed by atoms with Crippen molar-refractivity contribution in [2.24, 2.45) is 5.92 Å². The topological polar surface area (TPSA) is 98.7 Å². The number of carbonyl (C=O) groups is 2. The minimum absolute atomic E-state index is 0.0712. The Morgan fingerprint density at radius 3 is 2.65 bits per heavy atom. The van der Waals surface area contributed by atoms with Crippen molar-refractivity contribution in [1.29, 1.82) is 0 Å². The Hall–Kier alpha value is -2.45. The van der Waals surface area contributed by atoms with Crippen LogP contribution in [0.2, 0.25) is 0 Å². The van der Waals surface area contributed by atoms with E-state index in [1.54, 1.807) is 16.7 Å². The molecule has 2 saturated heterocycles. The van der Waals surface area contributed by atoms with Gasteiger partial charge in [-0.2, -0.15) is 4.98 Å². The van der Waals surface area contributed by atoms with Crippen LogP contribution in [-0.4, -0.2) is 64.1 Å². The van der Waals surface area contributed by atoms with Crippen molar-refractivity contribution in [3.63, 3.8) is 0 Å². The summed E-state index contributed by atoms with van der Waals surface area (Å²) in [5, 5.41) is 12.4. The molecule has 2 fully saturated rings. The molecule has 0 aliphatic carbocycles. The van der Waals surface area contributed by atoms with Crippen molar-refractivity contribution >= 4 is 23.6 Å². The summed E-state index contributed by atoms with van der Waals surface area (Å²) in [7, 11) is 0. The average molecular weight is 365 g/mol. The number of hydrogen-bond donors (Lipinski definition) is 2. The van der Waals surface area contributed by atoms with Gasteiger partial charge in [0.05, 0.1) is 12.1 Å². The monoisotopic (exact) mass is 365 g/mol. The summed E-state index contributed by atoms with van der Waals surface area (Å²) in [5.74, 6) is -1.37. The van der Waals surface area contributed by atoms with Crippen molar-refractivity contribution in [2.45, 2.75) is 38.6 Å². The number of anilines is 2. The Morgan fingerprint density at radius 1 is 1.27 bits per heavy atom. The highest BCUT2D eigenvalue weighted by molar-refractivity contribution is 5.73. The van der Waals surface area contributed by atoms with E-state index in [9.17, 15) is 19.1 Å². The molecule has 1 atom stereocenters. The fourth-order valence-corrected chi connectivity index (χ4v) is 3.54. The van der Waals surface area contributed by atoms with Crippen molar-refractivity contribution in [2.75, 3.05) is 36.4 Å². The van der Waals surface area contributed by atoms with Gasteiger partial charge in [-0.15, -0.1) is 0 Å². The molecule has 142 valence electrons. The highest BCUT2D eigenvalue weighted by atomic mass is 19.1. The van der Waals surface area contributed by atoms with Crippen molar-refractivity contribution in [1.82, 2.24) is 14.9 Å². The van der Waals surface area contributed by atoms with Crippen LogP contribution in [0.1, 0.15) is 32.6 Å². The molecule has 3 rings (SSSR count). The number of halogens is 1. The first kappa shape index (κ1) is 18.3. The lowest BCUT2D eigenvalue weighted by atomic mass is 9.98. The number of carboxylic acids is 1. The summed E-state index contributed by atoms with van der Waals surface area (Å²) < 4.78 is 14.2. The Kier molecular flexibility index (Phi) is 5.53. The first-order valence-corrected chi connectivity index (χ1v) is 8.96. The van der Waals surface area contributed by atoms with Crippen LogP contribution in [0, 0.1) is 11.7 Å². The Bertz CT molecular complexity index is 678. The molecule has 1 aromatic heterocycles. The number of piperidine rings is 2. The number of amides is 1. The lowest BCUT2D eigenvalue weighted by molar-refractivity contribution is -0.142. The van der Waals surface area contributed by atoms with Crippen LogP contribution < -0.4 is 10.2 Å². The molecule has 0 aromatic carbocycles. The Labute approximate surface area is 151 Å². The highest BCUT2D eigenvalue weighted by Gasteiger charge is 2.28. The average Bonchev–Trinajstić information content (AvgIpc) is 2.64. The first-order chi connectivity index (χ1) is 12.4. The van der Waals surface area contributed by atoms with Gasteiger partial charge in [-0.1, -0.05) is 0 Å². The van der Waals surface area contributed by atoms with Crippen LogP contribution in [0.25, 0.3) is 0 Å². The molecule has 9 heteroatoms. The van der Waals surface area contributed by atoms with E-state index in [0.717, 1.165) is 19.0 Å². The number of likely N-dealkylation sites (tertiary alicyclic amines) is 1. The molecule has 2 aliphatic rings. The lowest BCUT2D eigenvalue weighted by Crippen LogP contribution is -2.42. The number of aliphatic carboxylic acids is 1. The van der Waals surface area contributed by atoms with Gasteiger partial charge in [0.1, 0.15) is 0 Å². The van der Waals surface area contributed by atoms with Crippen molar-refractivity contribution < 1.29 is 19.1 Å². The minimum atomic E-state index is -0.861. The molecule has 1 aromatic rings. The van der Waals surface area contributed by atoms with E-state index in [0.29, 0.717) is 38.4 Å². The molecular formula is C17H24FN5O3. The maximum absolute atomic E-state index is 14.2. The second-order valence-corrected chi connectivity index (χ2v) is 6.91. The fourth-order valence-electron chi connectivity index (χ4n) is 3.54. The molecule has 1 amide bonds. The van der Waals surface area contributed by atoms with Crippen molar-refractivity contribution in [3.8, 4) is 0 Å². The van der Waals surface area contributed by atoms with Crippen LogP contribution >= 0.6 is 0 Å². The Balaban J connectivity index is 1.66. The SMILES string of the molecule is CC(=O)N1CCC(Nc2ncc(F)c(N3CCC[C@H](C(=O)O)C3)n2)CC1. The molecular weight excluding hydrogens is 341 g/mol. The summed E-state index contributed by atoms with van der Waals surface area (Å²) in [4.78, 5) is 34.4. The number of rotatable bonds is 4. The first-order valence-electron chi connectivity index (χ1n) is 8.96. The van der Waals surface area contributed by atoms with Crippen LogP contribution in [0.3, 0.4) is 0 Å². The Morgan fingerprint density at radius 2 is 2.00 bits per heavy atom. The van der Waals surface area contributed by atoms with E-state index in [1.807, 2.05) is 0 Å². The van der Waals surface area contributed by atoms with Gasteiger partial charge in [0, 0.05) is 39.1 Å². The van der Waals surface area contributed by atoms with Gasteiger partial charge < -0.3 is 20.2 Å². The van der Waals surface area contributed by atoms with Gasteiger partial charge in [0.15, 0.2) is 11.6 Å². The van der Waals surface area contributed by atoms with E-state index in [-0.39, 0.29) is 24.3 Å². The number of nitrogens with zero attached hydrogens (tertiary/aromatic N) is 4. The van der Waals surface area contributed by atoms with E-state index in [4.69, 9.17) is 0 Å². The third kappa shape index (κ3) is 4.20. The second-order valence-electron chi connectivity index (χ2n) is 6.91. The van der Waals surface area contributed by atoms with Gasteiger partial charge >= 0.3 is 5.97 Å². The molecule has 2 aliphatic heterocycles. The number of aromatic nitrogens is 2. The molecule has 8 nitrogen and oxygen atoms in total. The zero-order valence-corrected chi connectivity index (χ0v) is 14.8. The maximum Gasteiger partial charge on any atom is 0.308 e. The van der Waals surface area contributed by atoms with Crippen molar-refractivity contribution in [3.05, 3.63) is 12.0 Å². The molecule has 0 unspecified atom stereocenters. The number of carboxylic acid groups (broad SMARTS) is 1. The van der Waals surface area contributed by atoms with E-state index < -0.39 is 17.7 Å². The molecule has 26 heavy (non-hydrogen) atoms. The van der Waals surface area contributed by atoms with Gasteiger partial charge in [-0.3, -0.25) is 9.59 Å². The molecule has 0 radical (unpaired) electrons. The van der Waals surface area contributed by atoms with Gasteiger partial charge in [-0.25, -0.2) is 9.37 Å². The van der Waals surface area contributed by atoms with Crippen LogP contribution in [-0.2, 0) is 9.59 Å². The fraction of sp³-hybridized carbons (Fsp3) is 0.647. The lowest BCUT2D eigenvalue weighted by Gasteiger charge is -2.33. The molecule has 0 bridgehead atoms. The van der Waals surface area contributed by atoms with Crippen LogP contribution in [0.5, 0.6) is 0 Å². The van der Waals surface area contributed by atoms with Crippen LogP contribution in [0.4, 0.5) is 16.2 Å². The summed E-state index contributed by atoms with van der Waals surface area (Å²) in [6.07, 6.45) is 3.96. The van der Waals surface area contributed by atoms with E-state index in [1.165, 1.54) is 0 Å². The van der Waals surface area contributed by atoms with Gasteiger partial charge in [-0.05, 0) is 25.7 Å². The second kappa shape index (κ2) is 7.84. The minimum Gasteiger partial charge on any atom is -0.481 e. The summed E-state index contributed by atoms with van der Waals surface area (Å²) in [5.41, 5.74) is 0. The largest absolute Gasteiger partial charge is 0.481 e.